The Morgan fingerprint density at radius 2 is 1.87 bits per heavy atom. The molecule has 3 unspecified atom stereocenters. The number of fused-ring (bicyclic) bond motifs is 2. The van der Waals surface area contributed by atoms with Gasteiger partial charge in [0.05, 0.1) is 28.8 Å². The molecule has 1 aromatic carbocycles. The highest BCUT2D eigenvalue weighted by atomic mass is 35.5. The second kappa shape index (κ2) is 8.51. The fourth-order valence-electron chi connectivity index (χ4n) is 4.75. The van der Waals surface area contributed by atoms with Crippen LogP contribution in [0.5, 0.6) is 0 Å². The van der Waals surface area contributed by atoms with E-state index in [1.54, 1.807) is 0 Å². The molecule has 3 aliphatic rings. The molecule has 0 radical (unpaired) electrons. The van der Waals surface area contributed by atoms with Crippen LogP contribution in [-0.2, 0) is 9.53 Å². The van der Waals surface area contributed by atoms with Gasteiger partial charge in [0.15, 0.2) is 11.5 Å². The first kappa shape index (κ1) is 21.6. The van der Waals surface area contributed by atoms with Crippen molar-refractivity contribution < 1.29 is 24.2 Å². The summed E-state index contributed by atoms with van der Waals surface area (Å²) in [6.45, 7) is 2.08. The van der Waals surface area contributed by atoms with E-state index in [-0.39, 0.29) is 57.5 Å². The number of azo groups is 1. The van der Waals surface area contributed by atoms with Crippen molar-refractivity contribution in [1.82, 2.24) is 4.90 Å². The summed E-state index contributed by atoms with van der Waals surface area (Å²) in [6, 6.07) is 2.54. The smallest absolute Gasteiger partial charge is 0.264 e. The number of aliphatic hydroxyl groups excluding tert-OH is 1. The van der Waals surface area contributed by atoms with Gasteiger partial charge in [0.1, 0.15) is 11.4 Å². The maximum Gasteiger partial charge on any atom is 0.264 e. The Balaban J connectivity index is 1.71. The number of ketones is 1. The van der Waals surface area contributed by atoms with Crippen molar-refractivity contribution in [3.63, 3.8) is 0 Å². The van der Waals surface area contributed by atoms with Gasteiger partial charge >= 0.3 is 0 Å². The summed E-state index contributed by atoms with van der Waals surface area (Å²) in [6.07, 6.45) is 3.88. The molecule has 9 heteroatoms. The second-order valence-corrected chi connectivity index (χ2v) is 8.52. The number of ether oxygens (including phenoxy) is 1. The first-order valence-corrected chi connectivity index (χ1v) is 10.9. The van der Waals surface area contributed by atoms with Crippen LogP contribution in [0.25, 0.3) is 0 Å². The van der Waals surface area contributed by atoms with Gasteiger partial charge in [-0.15, -0.1) is 10.2 Å². The Bertz CT molecular complexity index is 1020. The standard InChI is InChI=1S/C22H24ClN3O5/c1-3-11(10-31-2)26-21(29)14-8-9-15(23)17(16(14)22(26)30)24-25-18-19(27)12-6-4-5-7-13(12)20(18)28/h8-9,11-13,27H,3-7,10H2,1-2H3. The predicted octanol–water partition coefficient (Wildman–Crippen LogP) is 4.60. The average Bonchev–Trinajstić information content (AvgIpc) is 3.16. The number of hydrogen-bond acceptors (Lipinski definition) is 7. The average molecular weight is 446 g/mol. The third-order valence-corrected chi connectivity index (χ3v) is 6.69. The number of nitrogens with zero attached hydrogens (tertiary/aromatic N) is 3. The van der Waals surface area contributed by atoms with E-state index in [9.17, 15) is 19.5 Å². The number of methoxy groups -OCH3 is 1. The third-order valence-electron chi connectivity index (χ3n) is 6.39. The highest BCUT2D eigenvalue weighted by Gasteiger charge is 2.44. The number of benzene rings is 1. The van der Waals surface area contributed by atoms with Crippen molar-refractivity contribution >= 4 is 34.9 Å². The molecule has 1 aliphatic heterocycles. The topological polar surface area (TPSA) is 109 Å². The van der Waals surface area contributed by atoms with Gasteiger partial charge < -0.3 is 9.84 Å². The number of rotatable bonds is 6. The molecule has 1 fully saturated rings. The Kier molecular flexibility index (Phi) is 5.94. The summed E-state index contributed by atoms with van der Waals surface area (Å²) in [5, 5.41) is 18.8. The lowest BCUT2D eigenvalue weighted by molar-refractivity contribution is -0.120. The number of aliphatic hydroxyl groups is 1. The van der Waals surface area contributed by atoms with Crippen molar-refractivity contribution in [3.05, 3.63) is 39.7 Å². The van der Waals surface area contributed by atoms with E-state index < -0.39 is 17.9 Å². The number of hydrogen-bond donors (Lipinski definition) is 1. The lowest BCUT2D eigenvalue weighted by Crippen LogP contribution is -2.42. The van der Waals surface area contributed by atoms with Crippen molar-refractivity contribution in [2.75, 3.05) is 13.7 Å². The van der Waals surface area contributed by atoms with Gasteiger partial charge in [0, 0.05) is 18.9 Å². The summed E-state index contributed by atoms with van der Waals surface area (Å²) >= 11 is 6.30. The largest absolute Gasteiger partial charge is 0.510 e. The molecule has 1 saturated carbocycles. The fraction of sp³-hybridized carbons (Fsp3) is 0.500. The SMILES string of the molecule is CCC(COC)N1C(=O)c2ccc(Cl)c(N=NC3=C(O)C4CCCCC4C3=O)c2C1=O. The molecule has 0 aromatic heterocycles. The van der Waals surface area contributed by atoms with Crippen LogP contribution in [0.15, 0.2) is 33.8 Å². The molecule has 1 aromatic rings. The van der Waals surface area contributed by atoms with Crippen molar-refractivity contribution in [2.24, 2.45) is 22.1 Å². The first-order valence-electron chi connectivity index (χ1n) is 10.5. The molecule has 31 heavy (non-hydrogen) atoms. The maximum absolute atomic E-state index is 13.1. The molecular formula is C22H24ClN3O5. The van der Waals surface area contributed by atoms with Crippen LogP contribution in [-0.4, -0.2) is 47.4 Å². The summed E-state index contributed by atoms with van der Waals surface area (Å²) < 4.78 is 5.16. The number of imide groups is 1. The van der Waals surface area contributed by atoms with Crippen LogP contribution in [0.1, 0.15) is 59.7 Å². The quantitative estimate of drug-likeness (QED) is 0.508. The minimum atomic E-state index is -0.523. The molecule has 0 bridgehead atoms. The van der Waals surface area contributed by atoms with Gasteiger partial charge in [-0.25, -0.2) is 0 Å². The molecular weight excluding hydrogens is 422 g/mol. The number of carbonyl (C=O) groups is 3. The molecule has 1 heterocycles. The molecule has 0 spiro atoms. The Morgan fingerprint density at radius 3 is 2.52 bits per heavy atom. The second-order valence-electron chi connectivity index (χ2n) is 8.11. The number of amides is 2. The van der Waals surface area contributed by atoms with Gasteiger partial charge in [-0.2, -0.15) is 0 Å². The third kappa shape index (κ3) is 3.47. The van der Waals surface area contributed by atoms with Crippen LogP contribution in [0, 0.1) is 11.8 Å². The van der Waals surface area contributed by atoms with E-state index in [1.807, 2.05) is 6.92 Å². The highest BCUT2D eigenvalue weighted by Crippen LogP contribution is 2.44. The van der Waals surface area contributed by atoms with Crippen LogP contribution in [0.3, 0.4) is 0 Å². The van der Waals surface area contributed by atoms with E-state index >= 15 is 0 Å². The molecule has 1 N–H and O–H groups in total. The highest BCUT2D eigenvalue weighted by molar-refractivity contribution is 6.35. The van der Waals surface area contributed by atoms with E-state index in [0.29, 0.717) is 12.8 Å². The lowest BCUT2D eigenvalue weighted by Gasteiger charge is -2.24. The summed E-state index contributed by atoms with van der Waals surface area (Å²) in [5.74, 6) is -1.72. The zero-order valence-electron chi connectivity index (χ0n) is 17.4. The van der Waals surface area contributed by atoms with Gasteiger partial charge in [-0.1, -0.05) is 31.4 Å². The summed E-state index contributed by atoms with van der Waals surface area (Å²) in [5.41, 5.74) is 0.182. The van der Waals surface area contributed by atoms with Crippen molar-refractivity contribution in [3.8, 4) is 0 Å². The number of halogens is 1. The van der Waals surface area contributed by atoms with Gasteiger partial charge in [-0.3, -0.25) is 19.3 Å². The van der Waals surface area contributed by atoms with Gasteiger partial charge in [0.25, 0.3) is 11.8 Å². The molecule has 2 amide bonds. The van der Waals surface area contributed by atoms with E-state index in [0.717, 1.165) is 24.2 Å². The zero-order chi connectivity index (χ0) is 22.3. The normalized spacial score (nSPS) is 24.4. The lowest BCUT2D eigenvalue weighted by atomic mass is 9.80. The molecule has 3 atom stereocenters. The van der Waals surface area contributed by atoms with E-state index in [4.69, 9.17) is 16.3 Å². The van der Waals surface area contributed by atoms with Gasteiger partial charge in [0.2, 0.25) is 0 Å². The zero-order valence-corrected chi connectivity index (χ0v) is 18.2. The van der Waals surface area contributed by atoms with Crippen LogP contribution in [0.4, 0.5) is 5.69 Å². The Morgan fingerprint density at radius 1 is 1.16 bits per heavy atom. The summed E-state index contributed by atoms with van der Waals surface area (Å²) in [4.78, 5) is 39.9. The number of Topliss-reactive ketones (excluding diaryl/α,β-unsaturated/α-hetero) is 1. The van der Waals surface area contributed by atoms with Crippen LogP contribution in [0.2, 0.25) is 5.02 Å². The molecule has 164 valence electrons. The van der Waals surface area contributed by atoms with Gasteiger partial charge in [-0.05, 0) is 31.4 Å². The van der Waals surface area contributed by atoms with Crippen LogP contribution < -0.4 is 0 Å². The monoisotopic (exact) mass is 445 g/mol. The predicted molar refractivity (Wildman–Crippen MR) is 113 cm³/mol. The number of allylic oxidation sites excluding steroid dienone is 2. The molecule has 2 aliphatic carbocycles. The first-order chi connectivity index (χ1) is 14.9. The van der Waals surface area contributed by atoms with Crippen molar-refractivity contribution in [2.45, 2.75) is 45.1 Å². The maximum atomic E-state index is 13.1. The number of carbonyl (C=O) groups excluding carboxylic acids is 3. The van der Waals surface area contributed by atoms with Crippen molar-refractivity contribution in [1.29, 1.82) is 0 Å². The molecule has 0 saturated heterocycles. The van der Waals surface area contributed by atoms with E-state index in [2.05, 4.69) is 10.2 Å². The minimum Gasteiger partial charge on any atom is -0.510 e. The Labute approximate surface area is 184 Å². The molecule has 4 rings (SSSR count). The van der Waals surface area contributed by atoms with Crippen LogP contribution >= 0.6 is 11.6 Å². The Hall–Kier alpha value is -2.58. The summed E-state index contributed by atoms with van der Waals surface area (Å²) in [7, 11) is 1.51. The molecule has 8 nitrogen and oxygen atoms in total. The van der Waals surface area contributed by atoms with E-state index in [1.165, 1.54) is 19.2 Å². The minimum absolute atomic E-state index is 0.0234. The fourth-order valence-corrected chi connectivity index (χ4v) is 4.94.